The number of aromatic amines is 1. The Morgan fingerprint density at radius 2 is 1.47 bits per heavy atom. The lowest BCUT2D eigenvalue weighted by atomic mass is 9.98. The molecule has 1 N–H and O–H groups in total. The molecule has 4 aromatic carbocycles. The highest BCUT2D eigenvalue weighted by Gasteiger charge is 2.21. The first kappa shape index (κ1) is 28.2. The number of aromatic nitrogens is 6. The van der Waals surface area contributed by atoms with E-state index < -0.39 is 0 Å². The van der Waals surface area contributed by atoms with Crippen LogP contribution >= 0.6 is 11.8 Å². The van der Waals surface area contributed by atoms with E-state index in [1.807, 2.05) is 42.5 Å². The van der Waals surface area contributed by atoms with E-state index in [0.29, 0.717) is 40.8 Å². The molecule has 43 heavy (non-hydrogen) atoms. The van der Waals surface area contributed by atoms with Crippen LogP contribution in [-0.4, -0.2) is 51.9 Å². The molecule has 0 spiro atoms. The van der Waals surface area contributed by atoms with Crippen molar-refractivity contribution in [1.29, 1.82) is 0 Å². The fourth-order valence-electron chi connectivity index (χ4n) is 5.01. The number of fused-ring (bicyclic) bond motifs is 1. The molecular formula is C33H30N6O3S. The van der Waals surface area contributed by atoms with Crippen LogP contribution in [-0.2, 0) is 18.6 Å². The first-order valence-corrected chi connectivity index (χ1v) is 14.8. The fraction of sp³-hybridized carbons (Fsp3) is 0.182. The maximum atomic E-state index is 5.80. The first-order chi connectivity index (χ1) is 21.2. The monoisotopic (exact) mass is 590 g/mol. The quantitative estimate of drug-likeness (QED) is 0.132. The van der Waals surface area contributed by atoms with Crippen LogP contribution < -0.4 is 14.2 Å². The number of nitrogens with one attached hydrogen (secondary N) is 1. The molecule has 0 unspecified atom stereocenters. The number of rotatable bonds is 11. The second-order valence-electron chi connectivity index (χ2n) is 9.74. The summed E-state index contributed by atoms with van der Waals surface area (Å²) in [6.45, 7) is 0. The molecule has 6 aromatic rings. The Bertz CT molecular complexity index is 1830. The maximum Gasteiger partial charge on any atom is 0.205 e. The zero-order valence-electron chi connectivity index (χ0n) is 24.1. The Morgan fingerprint density at radius 1 is 0.721 bits per heavy atom. The minimum Gasteiger partial charge on any atom is -0.493 e. The minimum atomic E-state index is 0.512. The van der Waals surface area contributed by atoms with E-state index in [4.69, 9.17) is 24.2 Å². The van der Waals surface area contributed by atoms with Crippen molar-refractivity contribution >= 4 is 22.7 Å². The van der Waals surface area contributed by atoms with Gasteiger partial charge < -0.3 is 14.2 Å². The zero-order chi connectivity index (χ0) is 29.6. The Hall–Kier alpha value is -4.96. The van der Waals surface area contributed by atoms with E-state index in [9.17, 15) is 0 Å². The summed E-state index contributed by atoms with van der Waals surface area (Å²) in [6.07, 6.45) is 1.53. The van der Waals surface area contributed by atoms with Gasteiger partial charge >= 0.3 is 0 Å². The average Bonchev–Trinajstić information content (AvgIpc) is 3.61. The third kappa shape index (κ3) is 6.00. The van der Waals surface area contributed by atoms with Crippen molar-refractivity contribution in [3.63, 3.8) is 0 Å². The predicted octanol–water partition coefficient (Wildman–Crippen LogP) is 6.58. The summed E-state index contributed by atoms with van der Waals surface area (Å²) in [5.41, 5.74) is 6.14. The molecule has 0 saturated heterocycles. The molecule has 0 radical (unpaired) electrons. The lowest BCUT2D eigenvalue weighted by Crippen LogP contribution is -2.04. The van der Waals surface area contributed by atoms with Crippen molar-refractivity contribution in [1.82, 2.24) is 30.6 Å². The first-order valence-electron chi connectivity index (χ1n) is 13.8. The topological polar surface area (TPSA) is 108 Å². The molecule has 0 amide bonds. The molecule has 9 nitrogen and oxygen atoms in total. The fourth-order valence-corrected chi connectivity index (χ4v) is 5.98. The van der Waals surface area contributed by atoms with Gasteiger partial charge in [0.15, 0.2) is 11.5 Å². The number of hydrogen-bond donors (Lipinski definition) is 1. The van der Waals surface area contributed by atoms with Gasteiger partial charge in [-0.05, 0) is 40.0 Å². The molecule has 0 saturated carbocycles. The number of aryl methyl sites for hydroxylation is 2. The molecule has 2 aromatic heterocycles. The van der Waals surface area contributed by atoms with Gasteiger partial charge in [-0.25, -0.2) is 9.97 Å². The number of nitrogens with zero attached hydrogens (tertiary/aromatic N) is 5. The lowest BCUT2D eigenvalue weighted by Gasteiger charge is -2.16. The van der Waals surface area contributed by atoms with Crippen molar-refractivity contribution < 1.29 is 14.2 Å². The molecule has 0 aliphatic carbocycles. The number of ether oxygens (including phenoxy) is 3. The van der Waals surface area contributed by atoms with Gasteiger partial charge in [-0.15, -0.1) is 22.0 Å². The molecule has 0 fully saturated rings. The molecule has 0 aliphatic heterocycles. The number of thioether (sulfide) groups is 1. The van der Waals surface area contributed by atoms with E-state index >= 15 is 0 Å². The van der Waals surface area contributed by atoms with Crippen molar-refractivity contribution in [2.75, 3.05) is 21.3 Å². The SMILES string of the molecule is COc1cc2c(SCc3ccc(-c4ccccc4-c4nn[nH]n4)cc3)nc(CCc3ccccc3)nc2c(OC)c1OC. The second-order valence-corrected chi connectivity index (χ2v) is 10.7. The molecular weight excluding hydrogens is 560 g/mol. The van der Waals surface area contributed by atoms with Crippen LogP contribution in [0.1, 0.15) is 17.0 Å². The van der Waals surface area contributed by atoms with E-state index in [0.717, 1.165) is 44.9 Å². The smallest absolute Gasteiger partial charge is 0.205 e. The van der Waals surface area contributed by atoms with Crippen LogP contribution in [0, 0.1) is 0 Å². The predicted molar refractivity (Wildman–Crippen MR) is 168 cm³/mol. The van der Waals surface area contributed by atoms with Gasteiger partial charge in [0.2, 0.25) is 11.6 Å². The number of H-pyrrole nitrogens is 1. The number of benzene rings is 4. The van der Waals surface area contributed by atoms with Crippen LogP contribution in [0.3, 0.4) is 0 Å². The van der Waals surface area contributed by atoms with Crippen molar-refractivity contribution in [2.24, 2.45) is 0 Å². The second kappa shape index (κ2) is 12.9. The highest BCUT2D eigenvalue weighted by atomic mass is 32.2. The summed E-state index contributed by atoms with van der Waals surface area (Å²) >= 11 is 1.66. The zero-order valence-corrected chi connectivity index (χ0v) is 24.9. The van der Waals surface area contributed by atoms with Crippen molar-refractivity contribution in [3.05, 3.63) is 102 Å². The van der Waals surface area contributed by atoms with Crippen LogP contribution in [0.5, 0.6) is 17.2 Å². The van der Waals surface area contributed by atoms with Crippen LogP contribution in [0.25, 0.3) is 33.4 Å². The van der Waals surface area contributed by atoms with E-state index in [1.165, 1.54) is 5.56 Å². The highest BCUT2D eigenvalue weighted by Crippen LogP contribution is 2.45. The summed E-state index contributed by atoms with van der Waals surface area (Å²) < 4.78 is 17.1. The van der Waals surface area contributed by atoms with Gasteiger partial charge in [0.25, 0.3) is 0 Å². The molecule has 0 atom stereocenters. The molecule has 6 rings (SSSR count). The van der Waals surface area contributed by atoms with Crippen LogP contribution in [0.2, 0.25) is 0 Å². The number of tetrazole rings is 1. The van der Waals surface area contributed by atoms with E-state index in [2.05, 4.69) is 63.1 Å². The summed E-state index contributed by atoms with van der Waals surface area (Å²) in [5, 5.41) is 16.3. The maximum absolute atomic E-state index is 5.80. The normalized spacial score (nSPS) is 11.0. The number of methoxy groups -OCH3 is 3. The largest absolute Gasteiger partial charge is 0.493 e. The van der Waals surface area contributed by atoms with Gasteiger partial charge in [-0.2, -0.15) is 5.21 Å². The van der Waals surface area contributed by atoms with Gasteiger partial charge in [-0.3, -0.25) is 0 Å². The van der Waals surface area contributed by atoms with Crippen LogP contribution in [0.15, 0.2) is 90.0 Å². The molecule has 0 aliphatic rings. The van der Waals surface area contributed by atoms with Crippen molar-refractivity contribution in [3.8, 4) is 39.8 Å². The number of hydrogen-bond acceptors (Lipinski definition) is 9. The van der Waals surface area contributed by atoms with Gasteiger partial charge in [-0.1, -0.05) is 78.9 Å². The third-order valence-corrected chi connectivity index (χ3v) is 8.20. The summed E-state index contributed by atoms with van der Waals surface area (Å²) in [7, 11) is 4.83. The summed E-state index contributed by atoms with van der Waals surface area (Å²) in [4.78, 5) is 9.95. The lowest BCUT2D eigenvalue weighted by molar-refractivity contribution is 0.326. The highest BCUT2D eigenvalue weighted by molar-refractivity contribution is 7.98. The minimum absolute atomic E-state index is 0.512. The van der Waals surface area contributed by atoms with Gasteiger partial charge in [0, 0.05) is 23.1 Å². The third-order valence-electron chi connectivity index (χ3n) is 7.14. The van der Waals surface area contributed by atoms with Crippen molar-refractivity contribution in [2.45, 2.75) is 23.6 Å². The summed E-state index contributed by atoms with van der Waals surface area (Å²) in [5.74, 6) is 3.64. The Balaban J connectivity index is 1.31. The van der Waals surface area contributed by atoms with Crippen LogP contribution in [0.4, 0.5) is 0 Å². The van der Waals surface area contributed by atoms with Gasteiger partial charge in [0.1, 0.15) is 16.4 Å². The average molecular weight is 591 g/mol. The Kier molecular flexibility index (Phi) is 8.46. The van der Waals surface area contributed by atoms with E-state index in [-0.39, 0.29) is 0 Å². The molecule has 216 valence electrons. The Morgan fingerprint density at radius 3 is 2.16 bits per heavy atom. The van der Waals surface area contributed by atoms with Gasteiger partial charge in [0.05, 0.1) is 21.3 Å². The molecule has 0 bridgehead atoms. The molecule has 10 heteroatoms. The van der Waals surface area contributed by atoms with E-state index in [1.54, 1.807) is 33.1 Å². The molecule has 2 heterocycles. The standard InChI is InChI=1S/C33H30N6O3S/c1-40-27-19-26-29(31(42-3)30(27)41-2)34-28(18-15-21-9-5-4-6-10-21)35-33(26)43-20-22-13-16-23(17-14-22)24-11-7-8-12-25(24)32-36-38-39-37-32/h4-14,16-17,19H,15,18,20H2,1-3H3,(H,36,37,38,39). The summed E-state index contributed by atoms with van der Waals surface area (Å²) in [6, 6.07) is 28.8. The Labute approximate surface area is 253 Å².